The summed E-state index contributed by atoms with van der Waals surface area (Å²) < 4.78 is 3.73. The van der Waals surface area contributed by atoms with Crippen LogP contribution in [0.4, 0.5) is 0 Å². The molecule has 0 spiro atoms. The van der Waals surface area contributed by atoms with Gasteiger partial charge in [-0.15, -0.1) is 0 Å². The number of ether oxygens (including phenoxy) is 1. The molecule has 61 valence electrons. The van der Waals surface area contributed by atoms with Crippen LogP contribution in [0.1, 0.15) is 6.92 Å². The molecule has 4 heteroatoms. The van der Waals surface area contributed by atoms with Crippen LogP contribution < -0.4 is 0 Å². The number of hydrogen-bond acceptors (Lipinski definition) is 1. The lowest BCUT2D eigenvalue weighted by atomic mass is 10.2. The van der Waals surface area contributed by atoms with Crippen LogP contribution in [-0.4, -0.2) is 17.0 Å². The van der Waals surface area contributed by atoms with Crippen molar-refractivity contribution < 1.29 is 4.74 Å². The molecule has 0 aliphatic heterocycles. The van der Waals surface area contributed by atoms with Gasteiger partial charge in [-0.2, -0.15) is 0 Å². The largest absolute Gasteiger partial charge is 0.381 e. The van der Waals surface area contributed by atoms with Gasteiger partial charge in [0.2, 0.25) is 0 Å². The fourth-order valence-electron chi connectivity index (χ4n) is 0.355. The first kappa shape index (κ1) is 10.8. The lowest BCUT2D eigenvalue weighted by molar-refractivity contribution is 0.129. The molecule has 0 amide bonds. The van der Waals surface area contributed by atoms with Crippen molar-refractivity contribution in [2.75, 3.05) is 13.2 Å². The Morgan fingerprint density at radius 2 is 2.00 bits per heavy atom. The molecular weight excluding hydrogens is 194 g/mol. The van der Waals surface area contributed by atoms with Crippen LogP contribution in [0.2, 0.25) is 0 Å². The summed E-state index contributed by atoms with van der Waals surface area (Å²) in [4.78, 5) is 0. The lowest BCUT2D eigenvalue weighted by Gasteiger charge is -2.19. The standard InChI is InChI=1S/C6H10Cl3O/c1-3-10-4-5(2)6(7,8)9/h5H,1,3-4H2,2H3. The number of alkyl halides is 3. The highest BCUT2D eigenvalue weighted by atomic mass is 35.6. The summed E-state index contributed by atoms with van der Waals surface area (Å²) in [5.41, 5.74) is 0. The smallest absolute Gasteiger partial charge is 0.195 e. The molecule has 0 aliphatic carbocycles. The third-order valence-corrected chi connectivity index (χ3v) is 2.19. The maximum absolute atomic E-state index is 5.55. The molecule has 0 aromatic heterocycles. The van der Waals surface area contributed by atoms with E-state index in [-0.39, 0.29) is 5.92 Å². The van der Waals surface area contributed by atoms with Gasteiger partial charge in [-0.05, 0) is 6.92 Å². The highest BCUT2D eigenvalue weighted by Gasteiger charge is 2.28. The Morgan fingerprint density at radius 1 is 1.50 bits per heavy atom. The summed E-state index contributed by atoms with van der Waals surface area (Å²) in [6.07, 6.45) is 0. The lowest BCUT2D eigenvalue weighted by Crippen LogP contribution is -2.21. The van der Waals surface area contributed by atoms with Crippen LogP contribution in [0, 0.1) is 12.8 Å². The third-order valence-electron chi connectivity index (χ3n) is 1.07. The van der Waals surface area contributed by atoms with Crippen molar-refractivity contribution in [2.45, 2.75) is 10.7 Å². The van der Waals surface area contributed by atoms with Crippen LogP contribution >= 0.6 is 34.8 Å². The Kier molecular flexibility index (Phi) is 5.04. The second kappa shape index (κ2) is 4.66. The van der Waals surface area contributed by atoms with Crippen molar-refractivity contribution in [2.24, 2.45) is 5.92 Å². The summed E-state index contributed by atoms with van der Waals surface area (Å²) in [6, 6.07) is 0. The molecule has 0 fully saturated rings. The Labute approximate surface area is 76.6 Å². The molecule has 0 aromatic carbocycles. The fraction of sp³-hybridized carbons (Fsp3) is 0.833. The molecule has 1 atom stereocenters. The Bertz CT molecular complexity index is 89.5. The highest BCUT2D eigenvalue weighted by Crippen LogP contribution is 2.34. The van der Waals surface area contributed by atoms with Gasteiger partial charge in [-0.25, -0.2) is 0 Å². The van der Waals surface area contributed by atoms with E-state index in [2.05, 4.69) is 6.92 Å². The Hall–Kier alpha value is 0.830. The average molecular weight is 205 g/mol. The normalized spacial score (nSPS) is 15.3. The van der Waals surface area contributed by atoms with Gasteiger partial charge in [-0.3, -0.25) is 0 Å². The van der Waals surface area contributed by atoms with Gasteiger partial charge >= 0.3 is 0 Å². The van der Waals surface area contributed by atoms with E-state index in [0.717, 1.165) is 0 Å². The Balaban J connectivity index is 3.52. The zero-order valence-electron chi connectivity index (χ0n) is 5.74. The topological polar surface area (TPSA) is 9.23 Å². The van der Waals surface area contributed by atoms with Crippen molar-refractivity contribution in [3.05, 3.63) is 6.92 Å². The average Bonchev–Trinajstić information content (AvgIpc) is 1.80. The minimum atomic E-state index is -1.23. The van der Waals surface area contributed by atoms with Crippen molar-refractivity contribution in [3.63, 3.8) is 0 Å². The van der Waals surface area contributed by atoms with Crippen LogP contribution in [0.5, 0.6) is 0 Å². The molecule has 0 aliphatic rings. The van der Waals surface area contributed by atoms with E-state index in [1.807, 2.05) is 6.92 Å². The summed E-state index contributed by atoms with van der Waals surface area (Å²) in [5, 5.41) is 0. The second-order valence-electron chi connectivity index (χ2n) is 2.02. The zero-order valence-corrected chi connectivity index (χ0v) is 8.01. The van der Waals surface area contributed by atoms with Gasteiger partial charge in [0.25, 0.3) is 0 Å². The van der Waals surface area contributed by atoms with Crippen LogP contribution in [-0.2, 0) is 4.74 Å². The van der Waals surface area contributed by atoms with Gasteiger partial charge < -0.3 is 4.74 Å². The fourth-order valence-corrected chi connectivity index (χ4v) is 0.544. The molecule has 0 bridgehead atoms. The molecule has 1 nitrogen and oxygen atoms in total. The molecule has 1 radical (unpaired) electrons. The first-order valence-electron chi connectivity index (χ1n) is 2.92. The van der Waals surface area contributed by atoms with E-state index < -0.39 is 3.79 Å². The summed E-state index contributed by atoms with van der Waals surface area (Å²) in [5.74, 6) is -0.0979. The van der Waals surface area contributed by atoms with Gasteiger partial charge in [0.1, 0.15) is 0 Å². The van der Waals surface area contributed by atoms with Crippen molar-refractivity contribution >= 4 is 34.8 Å². The van der Waals surface area contributed by atoms with Crippen molar-refractivity contribution in [3.8, 4) is 0 Å². The van der Waals surface area contributed by atoms with Gasteiger partial charge in [-0.1, -0.05) is 41.7 Å². The molecule has 1 unspecified atom stereocenters. The van der Waals surface area contributed by atoms with Crippen LogP contribution in [0.15, 0.2) is 0 Å². The first-order chi connectivity index (χ1) is 4.48. The van der Waals surface area contributed by atoms with Gasteiger partial charge in [0.15, 0.2) is 3.79 Å². The number of halogens is 3. The van der Waals surface area contributed by atoms with E-state index in [9.17, 15) is 0 Å². The number of hydrogen-bond donors (Lipinski definition) is 0. The molecule has 0 heterocycles. The van der Waals surface area contributed by atoms with Gasteiger partial charge in [0.05, 0.1) is 6.61 Å². The first-order valence-corrected chi connectivity index (χ1v) is 4.05. The van der Waals surface area contributed by atoms with E-state index in [1.165, 1.54) is 0 Å². The van der Waals surface area contributed by atoms with E-state index >= 15 is 0 Å². The number of rotatable bonds is 3. The van der Waals surface area contributed by atoms with E-state index in [4.69, 9.17) is 39.5 Å². The molecule has 0 saturated heterocycles. The van der Waals surface area contributed by atoms with Crippen LogP contribution in [0.25, 0.3) is 0 Å². The van der Waals surface area contributed by atoms with E-state index in [0.29, 0.717) is 13.2 Å². The van der Waals surface area contributed by atoms with E-state index in [1.54, 1.807) is 0 Å². The van der Waals surface area contributed by atoms with Crippen molar-refractivity contribution in [1.82, 2.24) is 0 Å². The van der Waals surface area contributed by atoms with Gasteiger partial charge in [0, 0.05) is 12.5 Å². The van der Waals surface area contributed by atoms with Crippen molar-refractivity contribution in [1.29, 1.82) is 0 Å². The minimum Gasteiger partial charge on any atom is -0.381 e. The predicted octanol–water partition coefficient (Wildman–Crippen LogP) is 2.84. The molecule has 0 N–H and O–H groups in total. The second-order valence-corrected chi connectivity index (χ2v) is 4.39. The molecule has 10 heavy (non-hydrogen) atoms. The highest BCUT2D eigenvalue weighted by molar-refractivity contribution is 6.67. The SMILES string of the molecule is [CH2]COCC(C)C(Cl)(Cl)Cl. The predicted molar refractivity (Wildman–Crippen MR) is 45.6 cm³/mol. The molecule has 0 aromatic rings. The quantitative estimate of drug-likeness (QED) is 0.643. The minimum absolute atomic E-state index is 0.0979. The maximum Gasteiger partial charge on any atom is 0.195 e. The molecule has 0 saturated carbocycles. The monoisotopic (exact) mass is 203 g/mol. The maximum atomic E-state index is 5.55. The summed E-state index contributed by atoms with van der Waals surface area (Å²) >= 11 is 16.6. The molecular formula is C6H10Cl3O. The zero-order chi connectivity index (χ0) is 8.20. The Morgan fingerprint density at radius 3 is 2.30 bits per heavy atom. The third kappa shape index (κ3) is 4.62. The molecule has 0 rings (SSSR count). The summed E-state index contributed by atoms with van der Waals surface area (Å²) in [6.45, 7) is 6.13. The summed E-state index contributed by atoms with van der Waals surface area (Å²) in [7, 11) is 0. The van der Waals surface area contributed by atoms with Crippen LogP contribution in [0.3, 0.4) is 0 Å².